The molecule has 6 nitrogen and oxygen atoms in total. The van der Waals surface area contributed by atoms with Crippen molar-refractivity contribution in [2.24, 2.45) is 5.41 Å². The fourth-order valence-corrected chi connectivity index (χ4v) is 3.69. The number of hydrogen-bond donors (Lipinski definition) is 1. The third-order valence-corrected chi connectivity index (χ3v) is 5.07. The zero-order valence-corrected chi connectivity index (χ0v) is 14.7. The van der Waals surface area contributed by atoms with Gasteiger partial charge in [-0.15, -0.1) is 5.10 Å². The van der Waals surface area contributed by atoms with E-state index >= 15 is 0 Å². The molecule has 132 valence electrons. The standard InChI is InChI=1S/C20H21N5O/c1-15-7-16(9-18(8-15)24-10-20(11-24)12-26-13-20)22-19-21-14-25(23-19)17-5-3-2-4-6-17/h2-9,14H,10-13H2,1H3,(H,22,23). The molecule has 0 bridgehead atoms. The number of para-hydroxylation sites is 1. The number of nitrogens with one attached hydrogen (secondary N) is 1. The van der Waals surface area contributed by atoms with Crippen LogP contribution in [0.5, 0.6) is 0 Å². The Kier molecular flexibility index (Phi) is 3.46. The molecular weight excluding hydrogens is 326 g/mol. The number of hydrogen-bond acceptors (Lipinski definition) is 5. The molecule has 0 unspecified atom stereocenters. The molecule has 2 aliphatic heterocycles. The summed E-state index contributed by atoms with van der Waals surface area (Å²) in [5, 5.41) is 7.86. The molecule has 1 aromatic heterocycles. The number of rotatable bonds is 4. The Hall–Kier alpha value is -2.86. The van der Waals surface area contributed by atoms with Gasteiger partial charge < -0.3 is 15.0 Å². The van der Waals surface area contributed by atoms with Gasteiger partial charge in [-0.25, -0.2) is 4.68 Å². The molecule has 0 atom stereocenters. The van der Waals surface area contributed by atoms with Crippen LogP contribution in [0.2, 0.25) is 0 Å². The van der Waals surface area contributed by atoms with Crippen LogP contribution in [-0.2, 0) is 4.74 Å². The number of aromatic nitrogens is 3. The lowest BCUT2D eigenvalue weighted by Crippen LogP contribution is -2.66. The normalized spacial score (nSPS) is 17.7. The summed E-state index contributed by atoms with van der Waals surface area (Å²) in [5.74, 6) is 0.595. The van der Waals surface area contributed by atoms with E-state index in [1.807, 2.05) is 30.3 Å². The second kappa shape index (κ2) is 5.85. The molecule has 0 saturated carbocycles. The van der Waals surface area contributed by atoms with Gasteiger partial charge in [-0.2, -0.15) is 4.98 Å². The molecule has 6 heteroatoms. The molecule has 2 aliphatic rings. The Morgan fingerprint density at radius 1 is 1.04 bits per heavy atom. The van der Waals surface area contributed by atoms with Gasteiger partial charge in [0.1, 0.15) is 6.33 Å². The fraction of sp³-hybridized carbons (Fsp3) is 0.300. The highest BCUT2D eigenvalue weighted by Gasteiger charge is 2.49. The van der Waals surface area contributed by atoms with E-state index in [2.05, 4.69) is 45.4 Å². The number of benzene rings is 2. The van der Waals surface area contributed by atoms with E-state index in [1.165, 1.54) is 11.3 Å². The van der Waals surface area contributed by atoms with Crippen LogP contribution in [-0.4, -0.2) is 41.1 Å². The smallest absolute Gasteiger partial charge is 0.246 e. The summed E-state index contributed by atoms with van der Waals surface area (Å²) in [5.41, 5.74) is 4.88. The second-order valence-corrected chi connectivity index (χ2v) is 7.38. The van der Waals surface area contributed by atoms with E-state index < -0.39 is 0 Å². The molecule has 2 fully saturated rings. The predicted octanol–water partition coefficient (Wildman–Crippen LogP) is 3.16. The largest absolute Gasteiger partial charge is 0.380 e. The summed E-state index contributed by atoms with van der Waals surface area (Å²) in [7, 11) is 0. The molecule has 0 aliphatic carbocycles. The van der Waals surface area contributed by atoms with Gasteiger partial charge in [0.15, 0.2) is 0 Å². The first-order chi connectivity index (χ1) is 12.7. The van der Waals surface area contributed by atoms with E-state index in [4.69, 9.17) is 4.74 Å². The predicted molar refractivity (Wildman–Crippen MR) is 101 cm³/mol. The summed E-state index contributed by atoms with van der Waals surface area (Å²) in [6, 6.07) is 16.5. The van der Waals surface area contributed by atoms with E-state index in [0.29, 0.717) is 11.4 Å². The van der Waals surface area contributed by atoms with Crippen molar-refractivity contribution in [1.29, 1.82) is 0 Å². The third-order valence-electron chi connectivity index (χ3n) is 5.07. The molecule has 1 N–H and O–H groups in total. The Labute approximate surface area is 152 Å². The number of nitrogens with zero attached hydrogens (tertiary/aromatic N) is 4. The van der Waals surface area contributed by atoms with Gasteiger partial charge in [0.2, 0.25) is 5.95 Å². The Balaban J connectivity index is 1.34. The van der Waals surface area contributed by atoms with Gasteiger partial charge >= 0.3 is 0 Å². The van der Waals surface area contributed by atoms with Crippen molar-refractivity contribution in [3.63, 3.8) is 0 Å². The molecule has 5 rings (SSSR count). The van der Waals surface area contributed by atoms with Gasteiger partial charge in [-0.05, 0) is 42.8 Å². The number of anilines is 3. The van der Waals surface area contributed by atoms with E-state index in [9.17, 15) is 0 Å². The van der Waals surface area contributed by atoms with Gasteiger partial charge in [0, 0.05) is 24.5 Å². The highest BCUT2D eigenvalue weighted by molar-refractivity contribution is 5.65. The van der Waals surface area contributed by atoms with Crippen LogP contribution in [0, 0.1) is 12.3 Å². The molecule has 1 spiro atoms. The van der Waals surface area contributed by atoms with Crippen molar-refractivity contribution in [1.82, 2.24) is 14.8 Å². The SMILES string of the molecule is Cc1cc(Nc2ncn(-c3ccccc3)n2)cc(N2CC3(COC3)C2)c1. The van der Waals surface area contributed by atoms with Crippen LogP contribution in [0.1, 0.15) is 5.56 Å². The van der Waals surface area contributed by atoms with Crippen molar-refractivity contribution < 1.29 is 4.74 Å². The summed E-state index contributed by atoms with van der Waals surface area (Å²) >= 11 is 0. The van der Waals surface area contributed by atoms with Crippen molar-refractivity contribution in [3.8, 4) is 5.69 Å². The lowest BCUT2D eigenvalue weighted by atomic mass is 9.77. The minimum Gasteiger partial charge on any atom is -0.380 e. The van der Waals surface area contributed by atoms with Crippen LogP contribution >= 0.6 is 0 Å². The van der Waals surface area contributed by atoms with Crippen molar-refractivity contribution >= 4 is 17.3 Å². The first kappa shape index (κ1) is 15.4. The fourth-order valence-electron chi connectivity index (χ4n) is 3.69. The van der Waals surface area contributed by atoms with Crippen LogP contribution in [0.3, 0.4) is 0 Å². The quantitative estimate of drug-likeness (QED) is 0.786. The number of ether oxygens (including phenoxy) is 1. The molecule has 3 heterocycles. The molecule has 0 radical (unpaired) electrons. The first-order valence-electron chi connectivity index (χ1n) is 8.88. The lowest BCUT2D eigenvalue weighted by Gasteiger charge is -2.56. The lowest BCUT2D eigenvalue weighted by molar-refractivity contribution is -0.127. The number of aryl methyl sites for hydroxylation is 1. The van der Waals surface area contributed by atoms with E-state index in [0.717, 1.165) is 37.7 Å². The zero-order valence-electron chi connectivity index (χ0n) is 14.7. The van der Waals surface area contributed by atoms with Gasteiger partial charge in [0.25, 0.3) is 0 Å². The highest BCUT2D eigenvalue weighted by Crippen LogP contribution is 2.41. The maximum Gasteiger partial charge on any atom is 0.246 e. The van der Waals surface area contributed by atoms with Crippen molar-refractivity contribution in [2.75, 3.05) is 36.5 Å². The van der Waals surface area contributed by atoms with Gasteiger partial charge in [0.05, 0.1) is 24.3 Å². The first-order valence-corrected chi connectivity index (χ1v) is 8.88. The molecule has 2 saturated heterocycles. The Bertz CT molecular complexity index is 924. The van der Waals surface area contributed by atoms with E-state index in [-0.39, 0.29) is 0 Å². The molecule has 2 aromatic carbocycles. The Morgan fingerprint density at radius 3 is 2.58 bits per heavy atom. The van der Waals surface area contributed by atoms with Crippen LogP contribution in [0.25, 0.3) is 5.69 Å². The zero-order chi connectivity index (χ0) is 17.6. The second-order valence-electron chi connectivity index (χ2n) is 7.38. The summed E-state index contributed by atoms with van der Waals surface area (Å²) in [4.78, 5) is 6.80. The molecular formula is C20H21N5O. The minimum absolute atomic E-state index is 0.410. The average Bonchev–Trinajstić information content (AvgIpc) is 3.01. The minimum atomic E-state index is 0.410. The Morgan fingerprint density at radius 2 is 1.85 bits per heavy atom. The van der Waals surface area contributed by atoms with Crippen LogP contribution in [0.4, 0.5) is 17.3 Å². The van der Waals surface area contributed by atoms with Gasteiger partial charge in [-0.3, -0.25) is 0 Å². The topological polar surface area (TPSA) is 55.2 Å². The summed E-state index contributed by atoms with van der Waals surface area (Å²) < 4.78 is 7.14. The maximum absolute atomic E-state index is 5.37. The summed E-state index contributed by atoms with van der Waals surface area (Å²) in [6.07, 6.45) is 1.73. The average molecular weight is 347 g/mol. The molecule has 3 aromatic rings. The molecule has 26 heavy (non-hydrogen) atoms. The third kappa shape index (κ3) is 2.72. The van der Waals surface area contributed by atoms with Crippen molar-refractivity contribution in [3.05, 3.63) is 60.4 Å². The summed E-state index contributed by atoms with van der Waals surface area (Å²) in [6.45, 7) is 6.09. The van der Waals surface area contributed by atoms with Gasteiger partial charge in [-0.1, -0.05) is 18.2 Å². The van der Waals surface area contributed by atoms with E-state index in [1.54, 1.807) is 11.0 Å². The maximum atomic E-state index is 5.37. The molecule has 0 amide bonds. The van der Waals surface area contributed by atoms with Crippen molar-refractivity contribution in [2.45, 2.75) is 6.92 Å². The highest BCUT2D eigenvalue weighted by atomic mass is 16.5. The van der Waals surface area contributed by atoms with Crippen LogP contribution < -0.4 is 10.2 Å². The van der Waals surface area contributed by atoms with Crippen LogP contribution in [0.15, 0.2) is 54.9 Å². The monoisotopic (exact) mass is 347 g/mol.